The maximum absolute atomic E-state index is 10.9. The summed E-state index contributed by atoms with van der Waals surface area (Å²) in [6.07, 6.45) is 3.37. The number of nitro groups is 1. The highest BCUT2D eigenvalue weighted by molar-refractivity contribution is 5.59. The smallest absolute Gasteiger partial charge is 0.311 e. The quantitative estimate of drug-likeness (QED) is 0.629. The Kier molecular flexibility index (Phi) is 4.73. The molecular formula is C13H21N5O2. The third-order valence-electron chi connectivity index (χ3n) is 3.78. The topological polar surface area (TPSA) is 97.3 Å². The van der Waals surface area contributed by atoms with Crippen LogP contribution in [0.2, 0.25) is 0 Å². The largest absolute Gasteiger partial charge is 0.384 e. The van der Waals surface area contributed by atoms with E-state index in [2.05, 4.69) is 22.2 Å². The number of nitrogen functional groups attached to an aromatic ring is 1. The Balaban J connectivity index is 1.87. The maximum Gasteiger partial charge on any atom is 0.311 e. The van der Waals surface area contributed by atoms with Crippen molar-refractivity contribution in [3.8, 4) is 0 Å². The van der Waals surface area contributed by atoms with E-state index in [1.807, 2.05) is 0 Å². The number of hydrogen-bond acceptors (Lipinski definition) is 6. The van der Waals surface area contributed by atoms with Crippen LogP contribution in [0.25, 0.3) is 0 Å². The number of rotatable bonds is 5. The van der Waals surface area contributed by atoms with E-state index >= 15 is 0 Å². The van der Waals surface area contributed by atoms with Gasteiger partial charge in [0.05, 0.1) is 4.92 Å². The van der Waals surface area contributed by atoms with Crippen molar-refractivity contribution in [3.05, 3.63) is 22.2 Å². The molecule has 20 heavy (non-hydrogen) atoms. The summed E-state index contributed by atoms with van der Waals surface area (Å²) in [6, 6.07) is 2.83. The van der Waals surface area contributed by atoms with Crippen molar-refractivity contribution in [1.29, 1.82) is 0 Å². The Labute approximate surface area is 118 Å². The first-order chi connectivity index (χ1) is 9.56. The molecule has 0 saturated carbocycles. The molecule has 110 valence electrons. The molecule has 0 unspecified atom stereocenters. The molecule has 2 rings (SSSR count). The average molecular weight is 279 g/mol. The van der Waals surface area contributed by atoms with Crippen LogP contribution in [0.4, 0.5) is 17.3 Å². The Hall–Kier alpha value is -1.89. The second kappa shape index (κ2) is 6.51. The first kappa shape index (κ1) is 14.5. The number of nitrogens with two attached hydrogens (primary N) is 1. The summed E-state index contributed by atoms with van der Waals surface area (Å²) in [5, 5.41) is 14.0. The first-order valence-electron chi connectivity index (χ1n) is 6.89. The zero-order valence-corrected chi connectivity index (χ0v) is 11.7. The predicted molar refractivity (Wildman–Crippen MR) is 78.6 cm³/mol. The van der Waals surface area contributed by atoms with Crippen LogP contribution in [0, 0.1) is 16.0 Å². The molecule has 1 aromatic rings. The molecule has 0 spiro atoms. The van der Waals surface area contributed by atoms with E-state index in [-0.39, 0.29) is 17.3 Å². The first-order valence-corrected chi connectivity index (χ1v) is 6.89. The highest BCUT2D eigenvalue weighted by Crippen LogP contribution is 2.24. The highest BCUT2D eigenvalue weighted by Gasteiger charge is 2.18. The molecule has 1 aliphatic rings. The molecule has 3 N–H and O–H groups in total. The van der Waals surface area contributed by atoms with Crippen molar-refractivity contribution in [3.63, 3.8) is 0 Å². The van der Waals surface area contributed by atoms with Gasteiger partial charge in [0.15, 0.2) is 0 Å². The van der Waals surface area contributed by atoms with Gasteiger partial charge in [0.2, 0.25) is 5.82 Å². The molecule has 0 atom stereocenters. The van der Waals surface area contributed by atoms with Crippen LogP contribution in [0.3, 0.4) is 0 Å². The Morgan fingerprint density at radius 3 is 2.85 bits per heavy atom. The second-order valence-electron chi connectivity index (χ2n) is 5.32. The van der Waals surface area contributed by atoms with Gasteiger partial charge in [-0.05, 0) is 51.4 Å². The lowest BCUT2D eigenvalue weighted by Crippen LogP contribution is -2.30. The van der Waals surface area contributed by atoms with Crippen molar-refractivity contribution in [2.75, 3.05) is 37.7 Å². The summed E-state index contributed by atoms with van der Waals surface area (Å²) in [5.41, 5.74) is 5.55. The van der Waals surface area contributed by atoms with E-state index in [9.17, 15) is 10.1 Å². The van der Waals surface area contributed by atoms with Crippen molar-refractivity contribution in [2.24, 2.45) is 5.92 Å². The van der Waals surface area contributed by atoms with Gasteiger partial charge in [0.1, 0.15) is 5.82 Å². The number of nitrogens with zero attached hydrogens (tertiary/aromatic N) is 3. The fourth-order valence-corrected chi connectivity index (χ4v) is 2.49. The summed E-state index contributed by atoms with van der Waals surface area (Å²) in [4.78, 5) is 16.8. The summed E-state index contributed by atoms with van der Waals surface area (Å²) in [7, 11) is 2.13. The molecule has 0 bridgehead atoms. The van der Waals surface area contributed by atoms with Gasteiger partial charge in [-0.15, -0.1) is 0 Å². The Morgan fingerprint density at radius 1 is 1.50 bits per heavy atom. The lowest BCUT2D eigenvalue weighted by molar-refractivity contribution is -0.384. The minimum absolute atomic E-state index is 0.0254. The molecule has 1 saturated heterocycles. The third-order valence-corrected chi connectivity index (χ3v) is 3.78. The fourth-order valence-electron chi connectivity index (χ4n) is 2.49. The Bertz CT molecular complexity index is 472. The number of pyridine rings is 1. The highest BCUT2D eigenvalue weighted by atomic mass is 16.6. The van der Waals surface area contributed by atoms with E-state index in [0.29, 0.717) is 12.5 Å². The lowest BCUT2D eigenvalue weighted by atomic mass is 9.94. The minimum atomic E-state index is -0.440. The number of nitrogens with one attached hydrogen (secondary N) is 1. The van der Waals surface area contributed by atoms with Gasteiger partial charge in [-0.2, -0.15) is 0 Å². The van der Waals surface area contributed by atoms with Gasteiger partial charge in [-0.1, -0.05) is 0 Å². The van der Waals surface area contributed by atoms with Crippen LogP contribution in [0.15, 0.2) is 12.1 Å². The van der Waals surface area contributed by atoms with Crippen LogP contribution < -0.4 is 11.1 Å². The molecule has 0 aliphatic carbocycles. The van der Waals surface area contributed by atoms with Crippen LogP contribution >= 0.6 is 0 Å². The summed E-state index contributed by atoms with van der Waals surface area (Å²) in [6.45, 7) is 2.94. The summed E-state index contributed by atoms with van der Waals surface area (Å²) in [5.74, 6) is 1.24. The molecular weight excluding hydrogens is 258 g/mol. The standard InChI is InChI=1S/C13H21N5O2/c1-17-8-5-10(6-9-17)4-7-15-13-11(18(19)20)2-3-12(14)16-13/h2-3,10H,4-9H2,1H3,(H3,14,15,16). The van der Waals surface area contributed by atoms with Crippen molar-refractivity contribution in [1.82, 2.24) is 9.88 Å². The molecule has 0 aromatic carbocycles. The van der Waals surface area contributed by atoms with E-state index in [1.165, 1.54) is 25.0 Å². The van der Waals surface area contributed by atoms with Gasteiger partial charge < -0.3 is 16.0 Å². The molecule has 0 radical (unpaired) electrons. The van der Waals surface area contributed by atoms with Gasteiger partial charge in [0.25, 0.3) is 0 Å². The Morgan fingerprint density at radius 2 is 2.20 bits per heavy atom. The van der Waals surface area contributed by atoms with Gasteiger partial charge in [-0.3, -0.25) is 10.1 Å². The summed E-state index contributed by atoms with van der Waals surface area (Å²) >= 11 is 0. The number of aromatic nitrogens is 1. The van der Waals surface area contributed by atoms with Crippen LogP contribution in [0.5, 0.6) is 0 Å². The van der Waals surface area contributed by atoms with Crippen molar-refractivity contribution in [2.45, 2.75) is 19.3 Å². The molecule has 7 nitrogen and oxygen atoms in total. The normalized spacial score (nSPS) is 17.1. The van der Waals surface area contributed by atoms with Gasteiger partial charge in [0, 0.05) is 12.6 Å². The second-order valence-corrected chi connectivity index (χ2v) is 5.32. The zero-order chi connectivity index (χ0) is 14.5. The van der Waals surface area contributed by atoms with Crippen molar-refractivity contribution >= 4 is 17.3 Å². The monoisotopic (exact) mass is 279 g/mol. The zero-order valence-electron chi connectivity index (χ0n) is 11.7. The molecule has 1 aromatic heterocycles. The lowest BCUT2D eigenvalue weighted by Gasteiger charge is -2.28. The fraction of sp³-hybridized carbons (Fsp3) is 0.615. The van der Waals surface area contributed by atoms with Crippen LogP contribution in [-0.4, -0.2) is 41.5 Å². The molecule has 7 heteroatoms. The summed E-state index contributed by atoms with van der Waals surface area (Å²) < 4.78 is 0. The van der Waals surface area contributed by atoms with Gasteiger partial charge >= 0.3 is 5.69 Å². The van der Waals surface area contributed by atoms with Crippen molar-refractivity contribution < 1.29 is 4.92 Å². The third kappa shape index (κ3) is 3.80. The average Bonchev–Trinajstić information content (AvgIpc) is 2.41. The van der Waals surface area contributed by atoms with E-state index in [0.717, 1.165) is 19.5 Å². The number of hydrogen-bond donors (Lipinski definition) is 2. The number of anilines is 2. The minimum Gasteiger partial charge on any atom is -0.384 e. The van der Waals surface area contributed by atoms with E-state index in [1.54, 1.807) is 0 Å². The molecule has 1 aliphatic heterocycles. The molecule has 1 fully saturated rings. The molecule has 0 amide bonds. The molecule has 2 heterocycles. The predicted octanol–water partition coefficient (Wildman–Crippen LogP) is 1.72. The SMILES string of the molecule is CN1CCC(CCNc2nc(N)ccc2[N+](=O)[O-])CC1. The number of piperidine rings is 1. The van der Waals surface area contributed by atoms with Crippen LogP contribution in [-0.2, 0) is 0 Å². The van der Waals surface area contributed by atoms with E-state index in [4.69, 9.17) is 5.73 Å². The maximum atomic E-state index is 10.9. The van der Waals surface area contributed by atoms with Gasteiger partial charge in [-0.25, -0.2) is 4.98 Å². The van der Waals surface area contributed by atoms with Crippen LogP contribution in [0.1, 0.15) is 19.3 Å². The van der Waals surface area contributed by atoms with E-state index < -0.39 is 4.92 Å². The number of likely N-dealkylation sites (tertiary alicyclic amines) is 1.